The normalized spacial score (nSPS) is 10.4. The first-order valence-corrected chi connectivity index (χ1v) is 6.45. The molecule has 1 aromatic carbocycles. The van der Waals surface area contributed by atoms with Crippen LogP contribution in [0.2, 0.25) is 10.0 Å². The molecule has 0 bridgehead atoms. The van der Waals surface area contributed by atoms with Crippen molar-refractivity contribution in [2.45, 2.75) is 26.4 Å². The number of hydrogen-bond acceptors (Lipinski definition) is 2. The minimum absolute atomic E-state index is 0.178. The van der Waals surface area contributed by atoms with Gasteiger partial charge >= 0.3 is 6.09 Å². The van der Waals surface area contributed by atoms with E-state index in [4.69, 9.17) is 27.9 Å². The van der Waals surface area contributed by atoms with Crippen LogP contribution < -0.4 is 5.32 Å². The molecule has 3 nitrogen and oxygen atoms in total. The van der Waals surface area contributed by atoms with Crippen LogP contribution >= 0.6 is 23.2 Å². The first kappa shape index (κ1) is 15.7. The zero-order valence-corrected chi connectivity index (χ0v) is 12.5. The number of ether oxygens (including phenoxy) is 1. The van der Waals surface area contributed by atoms with Gasteiger partial charge in [-0.15, -0.1) is 0 Å². The molecule has 102 valence electrons. The van der Waals surface area contributed by atoms with E-state index in [1.54, 1.807) is 39.0 Å². The summed E-state index contributed by atoms with van der Waals surface area (Å²) in [6, 6.07) is 5.21. The summed E-state index contributed by atoms with van der Waals surface area (Å²) in [4.78, 5) is 11.3. The Kier molecular flexibility index (Phi) is 5.53. The van der Waals surface area contributed by atoms with Gasteiger partial charge in [0.2, 0.25) is 0 Å². The van der Waals surface area contributed by atoms with Crippen LogP contribution in [0.25, 0.3) is 0 Å². The second kappa shape index (κ2) is 6.70. The highest BCUT2D eigenvalue weighted by molar-refractivity contribution is 6.42. The predicted molar refractivity (Wildman–Crippen MR) is 77.6 cm³/mol. The number of hydrogen-bond donors (Lipinski definition) is 1. The van der Waals surface area contributed by atoms with Gasteiger partial charge in [-0.3, -0.25) is 0 Å². The summed E-state index contributed by atoms with van der Waals surface area (Å²) in [6.45, 7) is 5.57. The summed E-state index contributed by atoms with van der Waals surface area (Å²) >= 11 is 11.8. The molecule has 0 aliphatic rings. The molecule has 19 heavy (non-hydrogen) atoms. The molecule has 0 saturated heterocycles. The summed E-state index contributed by atoms with van der Waals surface area (Å²) in [6.07, 6.45) is -0.501. The fourth-order valence-electron chi connectivity index (χ4n) is 1.17. The molecular formula is C14H15Cl2NO2. The van der Waals surface area contributed by atoms with Crippen molar-refractivity contribution in [1.29, 1.82) is 0 Å². The van der Waals surface area contributed by atoms with Crippen molar-refractivity contribution < 1.29 is 9.53 Å². The molecule has 1 rings (SSSR count). The number of benzene rings is 1. The molecule has 0 unspecified atom stereocenters. The second-order valence-electron chi connectivity index (χ2n) is 4.76. The third kappa shape index (κ3) is 5.87. The highest BCUT2D eigenvalue weighted by Crippen LogP contribution is 2.24. The molecule has 0 saturated carbocycles. The molecule has 0 spiro atoms. The van der Waals surface area contributed by atoms with Crippen LogP contribution in [0.15, 0.2) is 18.2 Å². The Morgan fingerprint density at radius 1 is 1.37 bits per heavy atom. The number of carbonyl (C=O) groups is 1. The van der Waals surface area contributed by atoms with Crippen LogP contribution in [-0.2, 0) is 4.74 Å². The van der Waals surface area contributed by atoms with Gasteiger partial charge < -0.3 is 10.1 Å². The van der Waals surface area contributed by atoms with Crippen molar-refractivity contribution in [2.24, 2.45) is 0 Å². The van der Waals surface area contributed by atoms with Gasteiger partial charge in [0.25, 0.3) is 0 Å². The minimum Gasteiger partial charge on any atom is -0.444 e. The molecule has 1 N–H and O–H groups in total. The van der Waals surface area contributed by atoms with Crippen LogP contribution in [0.4, 0.5) is 4.79 Å². The largest absolute Gasteiger partial charge is 0.444 e. The summed E-state index contributed by atoms with van der Waals surface area (Å²) in [5.74, 6) is 5.62. The number of halogens is 2. The first-order chi connectivity index (χ1) is 8.79. The quantitative estimate of drug-likeness (QED) is 0.800. The van der Waals surface area contributed by atoms with Crippen LogP contribution in [0.1, 0.15) is 26.3 Å². The molecule has 1 amide bonds. The minimum atomic E-state index is -0.520. The van der Waals surface area contributed by atoms with Crippen molar-refractivity contribution in [2.75, 3.05) is 6.54 Å². The molecule has 0 radical (unpaired) electrons. The smallest absolute Gasteiger partial charge is 0.408 e. The number of carbonyl (C=O) groups excluding carboxylic acids is 1. The third-order valence-electron chi connectivity index (χ3n) is 1.89. The van der Waals surface area contributed by atoms with Crippen LogP contribution in [0.5, 0.6) is 0 Å². The summed E-state index contributed by atoms with van der Waals surface area (Å²) in [5.41, 5.74) is 0.105. The van der Waals surface area contributed by atoms with Crippen molar-refractivity contribution in [1.82, 2.24) is 5.32 Å². The van der Waals surface area contributed by atoms with Crippen molar-refractivity contribution in [3.8, 4) is 11.8 Å². The SMILES string of the molecule is CC(C)(C)OC(=O)NCC#Cc1cccc(Cl)c1Cl. The molecule has 0 heterocycles. The van der Waals surface area contributed by atoms with E-state index in [2.05, 4.69) is 17.2 Å². The molecule has 0 aliphatic heterocycles. The van der Waals surface area contributed by atoms with Gasteiger partial charge in [0.05, 0.1) is 16.6 Å². The van der Waals surface area contributed by atoms with Gasteiger partial charge in [0.1, 0.15) is 5.60 Å². The fourth-order valence-corrected chi connectivity index (χ4v) is 1.52. The molecular weight excluding hydrogens is 285 g/mol. The average Bonchev–Trinajstić information content (AvgIpc) is 2.27. The maximum absolute atomic E-state index is 11.3. The molecule has 0 aromatic heterocycles. The number of nitrogens with one attached hydrogen (secondary N) is 1. The fraction of sp³-hybridized carbons (Fsp3) is 0.357. The monoisotopic (exact) mass is 299 g/mol. The Hall–Kier alpha value is -1.37. The van der Waals surface area contributed by atoms with E-state index in [0.717, 1.165) is 0 Å². The third-order valence-corrected chi connectivity index (χ3v) is 2.71. The zero-order chi connectivity index (χ0) is 14.5. The van der Waals surface area contributed by atoms with E-state index in [1.807, 2.05) is 0 Å². The Balaban J connectivity index is 2.53. The van der Waals surface area contributed by atoms with Crippen molar-refractivity contribution in [3.05, 3.63) is 33.8 Å². The highest BCUT2D eigenvalue weighted by atomic mass is 35.5. The van der Waals surface area contributed by atoms with Crippen LogP contribution in [-0.4, -0.2) is 18.2 Å². The molecule has 0 aliphatic carbocycles. The van der Waals surface area contributed by atoms with Gasteiger partial charge in [-0.2, -0.15) is 0 Å². The van der Waals surface area contributed by atoms with Gasteiger partial charge in [0.15, 0.2) is 0 Å². The molecule has 0 fully saturated rings. The topological polar surface area (TPSA) is 38.3 Å². The van der Waals surface area contributed by atoms with Gasteiger partial charge in [0, 0.05) is 5.56 Å². The Morgan fingerprint density at radius 2 is 2.05 bits per heavy atom. The van der Waals surface area contributed by atoms with Crippen molar-refractivity contribution in [3.63, 3.8) is 0 Å². The Labute approximate surface area is 123 Å². The lowest BCUT2D eigenvalue weighted by Gasteiger charge is -2.19. The van der Waals surface area contributed by atoms with Crippen LogP contribution in [0.3, 0.4) is 0 Å². The predicted octanol–water partition coefficient (Wildman–Crippen LogP) is 3.87. The molecule has 5 heteroatoms. The molecule has 1 aromatic rings. The Morgan fingerprint density at radius 3 is 2.68 bits per heavy atom. The summed E-state index contributed by atoms with van der Waals surface area (Å²) < 4.78 is 5.07. The van der Waals surface area contributed by atoms with Crippen LogP contribution in [0, 0.1) is 11.8 Å². The number of amides is 1. The van der Waals surface area contributed by atoms with E-state index < -0.39 is 11.7 Å². The van der Waals surface area contributed by atoms with E-state index >= 15 is 0 Å². The molecule has 0 atom stereocenters. The zero-order valence-electron chi connectivity index (χ0n) is 11.0. The highest BCUT2D eigenvalue weighted by Gasteiger charge is 2.14. The average molecular weight is 300 g/mol. The number of rotatable bonds is 1. The van der Waals surface area contributed by atoms with E-state index in [0.29, 0.717) is 15.6 Å². The number of alkyl carbamates (subject to hydrolysis) is 1. The van der Waals surface area contributed by atoms with E-state index in [-0.39, 0.29) is 6.54 Å². The van der Waals surface area contributed by atoms with Gasteiger partial charge in [-0.25, -0.2) is 4.79 Å². The Bertz CT molecular complexity index is 524. The van der Waals surface area contributed by atoms with Gasteiger partial charge in [-0.1, -0.05) is 41.1 Å². The lowest BCUT2D eigenvalue weighted by atomic mass is 10.2. The maximum atomic E-state index is 11.3. The lowest BCUT2D eigenvalue weighted by Crippen LogP contribution is -2.32. The standard InChI is InChI=1S/C14H15Cl2NO2/c1-14(2,3)19-13(18)17-9-5-7-10-6-4-8-11(15)12(10)16/h4,6,8H,9H2,1-3H3,(H,17,18). The first-order valence-electron chi connectivity index (χ1n) is 5.69. The lowest BCUT2D eigenvalue weighted by molar-refractivity contribution is 0.0535. The maximum Gasteiger partial charge on any atom is 0.408 e. The van der Waals surface area contributed by atoms with Crippen molar-refractivity contribution >= 4 is 29.3 Å². The van der Waals surface area contributed by atoms with E-state index in [9.17, 15) is 4.79 Å². The summed E-state index contributed by atoms with van der Waals surface area (Å²) in [5, 5.41) is 3.40. The summed E-state index contributed by atoms with van der Waals surface area (Å²) in [7, 11) is 0. The second-order valence-corrected chi connectivity index (χ2v) is 5.54. The van der Waals surface area contributed by atoms with Gasteiger partial charge in [-0.05, 0) is 32.9 Å². The van der Waals surface area contributed by atoms with E-state index in [1.165, 1.54) is 0 Å².